The topological polar surface area (TPSA) is 35.2 Å². The highest BCUT2D eigenvalue weighted by Crippen LogP contribution is 2.33. The van der Waals surface area contributed by atoms with E-state index in [-0.39, 0.29) is 5.82 Å². The molecule has 3 heteroatoms. The van der Waals surface area contributed by atoms with Crippen LogP contribution in [0.25, 0.3) is 0 Å². The first kappa shape index (κ1) is 13.1. The molecule has 0 heterocycles. The van der Waals surface area contributed by atoms with Crippen LogP contribution >= 0.6 is 0 Å². The second-order valence-corrected chi connectivity index (χ2v) is 5.33. The highest BCUT2D eigenvalue weighted by atomic mass is 19.1. The molecule has 2 aromatic rings. The predicted molar refractivity (Wildman–Crippen MR) is 77.5 cm³/mol. The third-order valence-corrected chi connectivity index (χ3v) is 3.77. The summed E-state index contributed by atoms with van der Waals surface area (Å²) in [5, 5.41) is 0. The summed E-state index contributed by atoms with van der Waals surface area (Å²) < 4.78 is 19.7. The van der Waals surface area contributed by atoms with Crippen molar-refractivity contribution in [3.8, 4) is 11.5 Å². The number of hydrogen-bond acceptors (Lipinski definition) is 2. The zero-order valence-corrected chi connectivity index (χ0v) is 11.5. The van der Waals surface area contributed by atoms with Gasteiger partial charge in [0.25, 0.3) is 0 Å². The van der Waals surface area contributed by atoms with Crippen LogP contribution in [0.2, 0.25) is 0 Å². The Balaban J connectivity index is 1.93. The molecular formula is C17H18FNO. The van der Waals surface area contributed by atoms with Crippen LogP contribution in [0.5, 0.6) is 11.5 Å². The molecule has 0 spiro atoms. The average molecular weight is 271 g/mol. The summed E-state index contributed by atoms with van der Waals surface area (Å²) in [7, 11) is 0. The van der Waals surface area contributed by atoms with Crippen molar-refractivity contribution in [2.45, 2.75) is 32.2 Å². The second kappa shape index (κ2) is 5.25. The Labute approximate surface area is 118 Å². The third-order valence-electron chi connectivity index (χ3n) is 3.77. The van der Waals surface area contributed by atoms with Gasteiger partial charge in [0.2, 0.25) is 0 Å². The molecule has 0 amide bonds. The predicted octanol–water partition coefficient (Wildman–Crippen LogP) is 4.13. The van der Waals surface area contributed by atoms with Gasteiger partial charge in [-0.3, -0.25) is 0 Å². The van der Waals surface area contributed by atoms with E-state index in [1.54, 1.807) is 19.1 Å². The van der Waals surface area contributed by atoms with Gasteiger partial charge in [0.05, 0.1) is 0 Å². The zero-order chi connectivity index (χ0) is 14.1. The molecule has 1 aliphatic rings. The van der Waals surface area contributed by atoms with Crippen molar-refractivity contribution >= 4 is 0 Å². The summed E-state index contributed by atoms with van der Waals surface area (Å²) in [6.45, 7) is 1.76. The van der Waals surface area contributed by atoms with Gasteiger partial charge in [0.15, 0.2) is 0 Å². The molecule has 2 aromatic carbocycles. The lowest BCUT2D eigenvalue weighted by atomic mass is 10.1. The number of fused-ring (bicyclic) bond motifs is 1. The molecule has 0 aliphatic heterocycles. The van der Waals surface area contributed by atoms with Crippen LogP contribution in [0.1, 0.15) is 36.1 Å². The highest BCUT2D eigenvalue weighted by Gasteiger charge is 2.16. The van der Waals surface area contributed by atoms with Crippen molar-refractivity contribution in [3.63, 3.8) is 0 Å². The van der Waals surface area contributed by atoms with Gasteiger partial charge >= 0.3 is 0 Å². The van der Waals surface area contributed by atoms with Crippen molar-refractivity contribution in [2.24, 2.45) is 5.73 Å². The smallest absolute Gasteiger partial charge is 0.135 e. The molecule has 0 aromatic heterocycles. The van der Waals surface area contributed by atoms with Crippen LogP contribution in [0.3, 0.4) is 0 Å². The lowest BCUT2D eigenvalue weighted by Crippen LogP contribution is -2.09. The minimum atomic E-state index is -0.402. The van der Waals surface area contributed by atoms with Crippen molar-refractivity contribution < 1.29 is 9.13 Å². The number of nitrogens with two attached hydrogens (primary N) is 1. The van der Waals surface area contributed by atoms with Gasteiger partial charge in [-0.05, 0) is 61.6 Å². The Hall–Kier alpha value is -1.87. The van der Waals surface area contributed by atoms with E-state index >= 15 is 0 Å². The number of halogens is 1. The number of aryl methyl sites for hydroxylation is 2. The summed E-state index contributed by atoms with van der Waals surface area (Å²) in [5.74, 6) is 0.926. The molecule has 1 atom stereocenters. The number of hydrogen-bond donors (Lipinski definition) is 1. The fourth-order valence-corrected chi connectivity index (χ4v) is 2.79. The van der Waals surface area contributed by atoms with Gasteiger partial charge in [0, 0.05) is 11.6 Å². The molecule has 0 fully saturated rings. The van der Waals surface area contributed by atoms with Crippen molar-refractivity contribution in [1.29, 1.82) is 0 Å². The summed E-state index contributed by atoms with van der Waals surface area (Å²) in [6, 6.07) is 10.5. The average Bonchev–Trinajstić information content (AvgIpc) is 2.85. The van der Waals surface area contributed by atoms with Gasteiger partial charge in [-0.25, -0.2) is 4.39 Å². The van der Waals surface area contributed by atoms with E-state index in [0.29, 0.717) is 11.3 Å². The fraction of sp³-hybridized carbons (Fsp3) is 0.294. The molecule has 0 bridgehead atoms. The normalized spacial score (nSPS) is 14.9. The van der Waals surface area contributed by atoms with Crippen molar-refractivity contribution in [3.05, 3.63) is 58.9 Å². The number of benzene rings is 2. The van der Waals surface area contributed by atoms with Gasteiger partial charge in [-0.1, -0.05) is 12.1 Å². The van der Waals surface area contributed by atoms with Gasteiger partial charge < -0.3 is 10.5 Å². The SMILES string of the molecule is C[C@H](N)c1c(F)cccc1Oc1ccc2c(c1)CCC2. The largest absolute Gasteiger partial charge is 0.457 e. The van der Waals surface area contributed by atoms with E-state index in [1.807, 2.05) is 6.07 Å². The number of ether oxygens (including phenoxy) is 1. The lowest BCUT2D eigenvalue weighted by molar-refractivity contribution is 0.460. The van der Waals surface area contributed by atoms with Crippen LogP contribution in [-0.4, -0.2) is 0 Å². The minimum Gasteiger partial charge on any atom is -0.457 e. The summed E-state index contributed by atoms with van der Waals surface area (Å²) in [6.07, 6.45) is 3.43. The van der Waals surface area contributed by atoms with Crippen LogP contribution in [0.4, 0.5) is 4.39 Å². The first-order valence-electron chi connectivity index (χ1n) is 6.99. The maximum Gasteiger partial charge on any atom is 0.135 e. The van der Waals surface area contributed by atoms with Crippen molar-refractivity contribution in [2.75, 3.05) is 0 Å². The first-order valence-corrected chi connectivity index (χ1v) is 6.99. The highest BCUT2D eigenvalue weighted by molar-refractivity contribution is 5.43. The standard InChI is InChI=1S/C17H18FNO/c1-11(19)17-15(18)6-3-7-16(17)20-14-9-8-12-4-2-5-13(12)10-14/h3,6-11H,2,4-5,19H2,1H3/t11-/m0/s1. The van der Waals surface area contributed by atoms with E-state index in [9.17, 15) is 4.39 Å². The molecule has 20 heavy (non-hydrogen) atoms. The van der Waals surface area contributed by atoms with Crippen LogP contribution < -0.4 is 10.5 Å². The first-order chi connectivity index (χ1) is 9.65. The van der Waals surface area contributed by atoms with E-state index in [1.165, 1.54) is 23.6 Å². The summed E-state index contributed by atoms with van der Waals surface area (Å²) in [5.41, 5.74) is 8.99. The molecular weight excluding hydrogens is 253 g/mol. The fourth-order valence-electron chi connectivity index (χ4n) is 2.79. The van der Waals surface area contributed by atoms with Crippen LogP contribution in [-0.2, 0) is 12.8 Å². The van der Waals surface area contributed by atoms with Crippen LogP contribution in [0.15, 0.2) is 36.4 Å². The van der Waals surface area contributed by atoms with Crippen molar-refractivity contribution in [1.82, 2.24) is 0 Å². The Morgan fingerprint density at radius 2 is 1.95 bits per heavy atom. The zero-order valence-electron chi connectivity index (χ0n) is 11.5. The van der Waals surface area contributed by atoms with Crippen LogP contribution in [0, 0.1) is 5.82 Å². The maximum atomic E-state index is 13.9. The Morgan fingerprint density at radius 1 is 1.15 bits per heavy atom. The third kappa shape index (κ3) is 2.41. The van der Waals surface area contributed by atoms with Gasteiger partial charge in [-0.2, -0.15) is 0 Å². The molecule has 104 valence electrons. The molecule has 0 radical (unpaired) electrons. The summed E-state index contributed by atoms with van der Waals surface area (Å²) >= 11 is 0. The molecule has 0 unspecified atom stereocenters. The molecule has 2 nitrogen and oxygen atoms in total. The molecule has 0 saturated heterocycles. The maximum absolute atomic E-state index is 13.9. The molecule has 3 rings (SSSR count). The monoisotopic (exact) mass is 271 g/mol. The van der Waals surface area contributed by atoms with E-state index < -0.39 is 6.04 Å². The number of rotatable bonds is 3. The second-order valence-electron chi connectivity index (χ2n) is 5.33. The van der Waals surface area contributed by atoms with E-state index in [0.717, 1.165) is 18.6 Å². The Morgan fingerprint density at radius 3 is 2.75 bits per heavy atom. The molecule has 2 N–H and O–H groups in total. The molecule has 1 aliphatic carbocycles. The minimum absolute atomic E-state index is 0.321. The van der Waals surface area contributed by atoms with E-state index in [4.69, 9.17) is 10.5 Å². The Kier molecular flexibility index (Phi) is 3.45. The lowest BCUT2D eigenvalue weighted by Gasteiger charge is -2.15. The summed E-state index contributed by atoms with van der Waals surface area (Å²) in [4.78, 5) is 0. The Bertz CT molecular complexity index is 637. The molecule has 0 saturated carbocycles. The van der Waals surface area contributed by atoms with E-state index in [2.05, 4.69) is 12.1 Å². The van der Waals surface area contributed by atoms with Gasteiger partial charge in [-0.15, -0.1) is 0 Å². The quantitative estimate of drug-likeness (QED) is 0.911. The van der Waals surface area contributed by atoms with Gasteiger partial charge in [0.1, 0.15) is 17.3 Å².